The fourth-order valence-electron chi connectivity index (χ4n) is 3.36. The average molecular weight is 284 g/mol. The van der Waals surface area contributed by atoms with Crippen LogP contribution in [0.1, 0.15) is 45.4 Å². The van der Waals surface area contributed by atoms with Crippen molar-refractivity contribution in [3.05, 3.63) is 36.7 Å². The van der Waals surface area contributed by atoms with Gasteiger partial charge in [0.1, 0.15) is 0 Å². The molecule has 0 spiro atoms. The van der Waals surface area contributed by atoms with Crippen molar-refractivity contribution in [3.8, 4) is 5.69 Å². The van der Waals surface area contributed by atoms with Gasteiger partial charge in [0.05, 0.1) is 23.8 Å². The Bertz CT molecular complexity index is 542. The molecule has 4 heteroatoms. The molecule has 4 nitrogen and oxygen atoms in total. The predicted molar refractivity (Wildman–Crippen MR) is 85.6 cm³/mol. The van der Waals surface area contributed by atoms with Gasteiger partial charge >= 0.3 is 0 Å². The molecule has 0 unspecified atom stereocenters. The van der Waals surface area contributed by atoms with E-state index >= 15 is 0 Å². The number of aromatic nitrogens is 3. The Hall–Kier alpha value is -1.84. The first-order valence-corrected chi connectivity index (χ1v) is 8.09. The molecule has 0 radical (unpaired) electrons. The summed E-state index contributed by atoms with van der Waals surface area (Å²) in [5.41, 5.74) is 2.23. The summed E-state index contributed by atoms with van der Waals surface area (Å²) in [6, 6.07) is 8.92. The van der Waals surface area contributed by atoms with Crippen molar-refractivity contribution in [2.45, 2.75) is 51.5 Å². The minimum Gasteiger partial charge on any atom is -0.381 e. The molecule has 1 saturated carbocycles. The minimum atomic E-state index is 0.586. The van der Waals surface area contributed by atoms with Crippen LogP contribution in [-0.4, -0.2) is 21.0 Å². The lowest BCUT2D eigenvalue weighted by Crippen LogP contribution is -2.26. The molecule has 1 N–H and O–H groups in total. The highest BCUT2D eigenvalue weighted by atomic mass is 15.4. The zero-order valence-electron chi connectivity index (χ0n) is 12.7. The van der Waals surface area contributed by atoms with Gasteiger partial charge in [-0.2, -0.15) is 0 Å². The molecule has 1 aliphatic carbocycles. The van der Waals surface area contributed by atoms with Gasteiger partial charge in [-0.3, -0.25) is 0 Å². The zero-order valence-corrected chi connectivity index (χ0v) is 12.7. The lowest BCUT2D eigenvalue weighted by molar-refractivity contribution is 0.319. The SMILES string of the molecule is CCCC1CCC(Nc2ccccc2-n2ccnn2)CC1. The van der Waals surface area contributed by atoms with E-state index in [9.17, 15) is 0 Å². The summed E-state index contributed by atoms with van der Waals surface area (Å²) in [4.78, 5) is 0. The third-order valence-corrected chi connectivity index (χ3v) is 4.48. The molecule has 0 amide bonds. The highest BCUT2D eigenvalue weighted by Gasteiger charge is 2.21. The van der Waals surface area contributed by atoms with Gasteiger partial charge in [-0.15, -0.1) is 5.10 Å². The highest BCUT2D eigenvalue weighted by molar-refractivity contribution is 5.60. The largest absolute Gasteiger partial charge is 0.381 e. The van der Waals surface area contributed by atoms with Crippen LogP contribution in [0.15, 0.2) is 36.7 Å². The van der Waals surface area contributed by atoms with Crippen LogP contribution < -0.4 is 5.32 Å². The zero-order chi connectivity index (χ0) is 14.5. The van der Waals surface area contributed by atoms with E-state index in [1.54, 1.807) is 6.20 Å². The second kappa shape index (κ2) is 6.74. The molecule has 1 heterocycles. The number of anilines is 1. The Morgan fingerprint density at radius 1 is 1.19 bits per heavy atom. The monoisotopic (exact) mass is 284 g/mol. The number of benzene rings is 1. The van der Waals surface area contributed by atoms with Crippen molar-refractivity contribution in [3.63, 3.8) is 0 Å². The molecule has 0 bridgehead atoms. The number of nitrogens with one attached hydrogen (secondary N) is 1. The van der Waals surface area contributed by atoms with E-state index < -0.39 is 0 Å². The van der Waals surface area contributed by atoms with E-state index in [2.05, 4.69) is 40.8 Å². The second-order valence-corrected chi connectivity index (χ2v) is 6.02. The highest BCUT2D eigenvalue weighted by Crippen LogP contribution is 2.30. The van der Waals surface area contributed by atoms with Gasteiger partial charge < -0.3 is 5.32 Å². The molecule has 3 rings (SSSR count). The minimum absolute atomic E-state index is 0.586. The molecule has 1 aromatic carbocycles. The van der Waals surface area contributed by atoms with Crippen molar-refractivity contribution < 1.29 is 0 Å². The fraction of sp³-hybridized carbons (Fsp3) is 0.529. The van der Waals surface area contributed by atoms with Crippen LogP contribution in [0.5, 0.6) is 0 Å². The van der Waals surface area contributed by atoms with Crippen molar-refractivity contribution in [1.29, 1.82) is 0 Å². The first kappa shape index (κ1) is 14.1. The Kier molecular flexibility index (Phi) is 4.53. The van der Waals surface area contributed by atoms with Crippen LogP contribution in [0.3, 0.4) is 0 Å². The molecule has 0 aliphatic heterocycles. The van der Waals surface area contributed by atoms with Crippen LogP contribution in [0.25, 0.3) is 5.69 Å². The van der Waals surface area contributed by atoms with Gasteiger partial charge in [0.25, 0.3) is 0 Å². The third-order valence-electron chi connectivity index (χ3n) is 4.48. The summed E-state index contributed by atoms with van der Waals surface area (Å²) in [5, 5.41) is 11.7. The maximum atomic E-state index is 4.10. The molecule has 112 valence electrons. The number of rotatable bonds is 5. The topological polar surface area (TPSA) is 42.7 Å². The van der Waals surface area contributed by atoms with Crippen LogP contribution in [0, 0.1) is 5.92 Å². The van der Waals surface area contributed by atoms with Crippen molar-refractivity contribution in [2.75, 3.05) is 5.32 Å². The molecule has 2 aromatic rings. The molecule has 0 saturated heterocycles. The Labute approximate surface area is 126 Å². The van der Waals surface area contributed by atoms with Gasteiger partial charge in [-0.25, -0.2) is 4.68 Å². The summed E-state index contributed by atoms with van der Waals surface area (Å²) in [6.45, 7) is 2.29. The molecule has 0 atom stereocenters. The fourth-order valence-corrected chi connectivity index (χ4v) is 3.36. The molecular weight excluding hydrogens is 260 g/mol. The summed E-state index contributed by atoms with van der Waals surface area (Å²) in [7, 11) is 0. The van der Waals surface area contributed by atoms with Gasteiger partial charge in [0.15, 0.2) is 0 Å². The van der Waals surface area contributed by atoms with Crippen molar-refractivity contribution in [2.24, 2.45) is 5.92 Å². The maximum Gasteiger partial charge on any atom is 0.0894 e. The second-order valence-electron chi connectivity index (χ2n) is 6.02. The lowest BCUT2D eigenvalue weighted by atomic mass is 9.83. The normalized spacial score (nSPS) is 22.1. The van der Waals surface area contributed by atoms with Crippen LogP contribution in [0.4, 0.5) is 5.69 Å². The Morgan fingerprint density at radius 2 is 2.00 bits per heavy atom. The van der Waals surface area contributed by atoms with Gasteiger partial charge in [-0.05, 0) is 43.7 Å². The van der Waals surface area contributed by atoms with Crippen LogP contribution >= 0.6 is 0 Å². The molecule has 1 aromatic heterocycles. The molecule has 21 heavy (non-hydrogen) atoms. The van der Waals surface area contributed by atoms with Gasteiger partial charge in [0, 0.05) is 6.04 Å². The van der Waals surface area contributed by atoms with E-state index in [4.69, 9.17) is 0 Å². The van der Waals surface area contributed by atoms with Crippen LogP contribution in [0.2, 0.25) is 0 Å². The third kappa shape index (κ3) is 3.43. The van der Waals surface area contributed by atoms with E-state index in [1.807, 2.05) is 16.9 Å². The smallest absolute Gasteiger partial charge is 0.0894 e. The van der Waals surface area contributed by atoms with E-state index in [0.717, 1.165) is 17.3 Å². The summed E-state index contributed by atoms with van der Waals surface area (Å²) in [6.07, 6.45) is 11.6. The van der Waals surface area contributed by atoms with E-state index in [1.165, 1.54) is 38.5 Å². The molecule has 1 fully saturated rings. The first-order chi connectivity index (χ1) is 10.4. The summed E-state index contributed by atoms with van der Waals surface area (Å²) >= 11 is 0. The van der Waals surface area contributed by atoms with Gasteiger partial charge in [0.2, 0.25) is 0 Å². The lowest BCUT2D eigenvalue weighted by Gasteiger charge is -2.30. The number of nitrogens with zero attached hydrogens (tertiary/aromatic N) is 3. The Balaban J connectivity index is 1.66. The van der Waals surface area contributed by atoms with Crippen LogP contribution in [-0.2, 0) is 0 Å². The van der Waals surface area contributed by atoms with Gasteiger partial charge in [-0.1, -0.05) is 37.1 Å². The number of hydrogen-bond donors (Lipinski definition) is 1. The summed E-state index contributed by atoms with van der Waals surface area (Å²) < 4.78 is 1.82. The molecule has 1 aliphatic rings. The Morgan fingerprint density at radius 3 is 2.71 bits per heavy atom. The van der Waals surface area contributed by atoms with Crippen molar-refractivity contribution in [1.82, 2.24) is 15.0 Å². The quantitative estimate of drug-likeness (QED) is 0.901. The van der Waals surface area contributed by atoms with Crippen molar-refractivity contribution >= 4 is 5.69 Å². The number of hydrogen-bond acceptors (Lipinski definition) is 3. The summed E-state index contributed by atoms with van der Waals surface area (Å²) in [5.74, 6) is 0.943. The maximum absolute atomic E-state index is 4.10. The average Bonchev–Trinajstić information content (AvgIpc) is 3.04. The van der Waals surface area contributed by atoms with E-state index in [0.29, 0.717) is 6.04 Å². The number of para-hydroxylation sites is 2. The predicted octanol–water partition coefficient (Wildman–Crippen LogP) is 4.04. The standard InChI is InChI=1S/C17H24N4/c1-2-5-14-8-10-15(11-9-14)19-16-6-3-4-7-17(16)21-13-12-18-20-21/h3-4,6-7,12-15,19H,2,5,8-11H2,1H3. The molecular formula is C17H24N4. The van der Waals surface area contributed by atoms with E-state index in [-0.39, 0.29) is 0 Å². The first-order valence-electron chi connectivity index (χ1n) is 8.09.